The zero-order valence-corrected chi connectivity index (χ0v) is 14.6. The first-order valence-corrected chi connectivity index (χ1v) is 9.03. The van der Waals surface area contributed by atoms with Gasteiger partial charge in [0.25, 0.3) is 0 Å². The van der Waals surface area contributed by atoms with Gasteiger partial charge in [0.15, 0.2) is 5.78 Å². The molecule has 4 nitrogen and oxygen atoms in total. The minimum absolute atomic E-state index is 0.0641. The van der Waals surface area contributed by atoms with Crippen LogP contribution in [0.3, 0.4) is 0 Å². The van der Waals surface area contributed by atoms with Gasteiger partial charge in [-0.25, -0.2) is 5.48 Å². The molecule has 24 heavy (non-hydrogen) atoms. The van der Waals surface area contributed by atoms with Crippen LogP contribution in [0.1, 0.15) is 23.2 Å². The van der Waals surface area contributed by atoms with E-state index in [1.807, 2.05) is 48.5 Å². The molecule has 2 N–H and O–H groups in total. The molecule has 0 aromatic heterocycles. The van der Waals surface area contributed by atoms with Crippen molar-refractivity contribution in [3.05, 3.63) is 59.1 Å². The van der Waals surface area contributed by atoms with Crippen LogP contribution in [0.5, 0.6) is 0 Å². The average molecular weight is 364 g/mol. The molecule has 0 aliphatic heterocycles. The van der Waals surface area contributed by atoms with Crippen molar-refractivity contribution in [2.75, 3.05) is 11.5 Å². The van der Waals surface area contributed by atoms with E-state index in [1.165, 1.54) is 11.8 Å². The van der Waals surface area contributed by atoms with Crippen LogP contribution in [0.2, 0.25) is 5.02 Å². The molecule has 0 saturated heterocycles. The molecule has 0 saturated carbocycles. The molecule has 0 aliphatic rings. The van der Waals surface area contributed by atoms with E-state index in [2.05, 4.69) is 0 Å². The molecule has 0 unspecified atom stereocenters. The Morgan fingerprint density at radius 3 is 2.17 bits per heavy atom. The van der Waals surface area contributed by atoms with Crippen molar-refractivity contribution in [2.24, 2.45) is 0 Å². The molecule has 6 heteroatoms. The second kappa shape index (κ2) is 9.47. The Hall–Kier alpha value is -1.82. The summed E-state index contributed by atoms with van der Waals surface area (Å²) in [5.74, 6) is 0.734. The van der Waals surface area contributed by atoms with Crippen LogP contribution in [0, 0.1) is 0 Å². The number of rotatable bonds is 8. The monoisotopic (exact) mass is 363 g/mol. The third-order valence-corrected chi connectivity index (χ3v) is 4.73. The number of hydrogen-bond donors (Lipinski definition) is 2. The fraction of sp³-hybridized carbons (Fsp3) is 0.222. The van der Waals surface area contributed by atoms with Gasteiger partial charge in [-0.1, -0.05) is 48.0 Å². The van der Waals surface area contributed by atoms with Crippen LogP contribution in [-0.2, 0) is 4.79 Å². The summed E-state index contributed by atoms with van der Waals surface area (Å²) in [4.78, 5) is 23.0. The van der Waals surface area contributed by atoms with E-state index >= 15 is 0 Å². The van der Waals surface area contributed by atoms with E-state index in [1.54, 1.807) is 5.48 Å². The number of carbonyl (C=O) groups excluding carboxylic acids is 2. The van der Waals surface area contributed by atoms with E-state index in [0.717, 1.165) is 11.1 Å². The van der Waals surface area contributed by atoms with E-state index < -0.39 is 5.91 Å². The lowest BCUT2D eigenvalue weighted by Crippen LogP contribution is -2.18. The number of carbonyl (C=O) groups is 2. The molecular weight excluding hydrogens is 346 g/mol. The number of ketones is 1. The van der Waals surface area contributed by atoms with Gasteiger partial charge < -0.3 is 0 Å². The van der Waals surface area contributed by atoms with Crippen molar-refractivity contribution in [2.45, 2.75) is 12.8 Å². The summed E-state index contributed by atoms with van der Waals surface area (Å²) in [7, 11) is 0. The van der Waals surface area contributed by atoms with Crippen LogP contribution >= 0.6 is 23.4 Å². The summed E-state index contributed by atoms with van der Waals surface area (Å²) in [6.07, 6.45) is 0.882. The highest BCUT2D eigenvalue weighted by atomic mass is 35.5. The summed E-state index contributed by atoms with van der Waals surface area (Å²) >= 11 is 7.37. The highest BCUT2D eigenvalue weighted by Crippen LogP contribution is 2.22. The Bertz CT molecular complexity index is 686. The molecule has 2 aromatic carbocycles. The van der Waals surface area contributed by atoms with Gasteiger partial charge in [-0.05, 0) is 35.4 Å². The zero-order chi connectivity index (χ0) is 17.4. The Morgan fingerprint density at radius 1 is 1.00 bits per heavy atom. The van der Waals surface area contributed by atoms with Gasteiger partial charge >= 0.3 is 0 Å². The molecular formula is C18H18ClNO3S. The summed E-state index contributed by atoms with van der Waals surface area (Å²) in [5, 5.41) is 9.07. The highest BCUT2D eigenvalue weighted by Gasteiger charge is 2.07. The fourth-order valence-electron chi connectivity index (χ4n) is 2.13. The van der Waals surface area contributed by atoms with Crippen LogP contribution in [0.4, 0.5) is 0 Å². The Labute approximate surface area is 150 Å². The van der Waals surface area contributed by atoms with Gasteiger partial charge in [0.1, 0.15) is 0 Å². The van der Waals surface area contributed by atoms with E-state index in [4.69, 9.17) is 16.8 Å². The smallest absolute Gasteiger partial charge is 0.243 e. The van der Waals surface area contributed by atoms with Gasteiger partial charge in [0, 0.05) is 17.0 Å². The number of nitrogens with one attached hydrogen (secondary N) is 1. The SMILES string of the molecule is O=C(CCCSCC(=O)c1ccc(-c2ccc(Cl)cc2)cc1)NO. The first-order valence-electron chi connectivity index (χ1n) is 7.50. The molecule has 0 fully saturated rings. The maximum Gasteiger partial charge on any atom is 0.243 e. The van der Waals surface area contributed by atoms with Gasteiger partial charge in [-0.3, -0.25) is 14.8 Å². The van der Waals surface area contributed by atoms with E-state index in [9.17, 15) is 9.59 Å². The van der Waals surface area contributed by atoms with Crippen LogP contribution in [0.25, 0.3) is 11.1 Å². The fourth-order valence-corrected chi connectivity index (χ4v) is 3.10. The lowest BCUT2D eigenvalue weighted by Gasteiger charge is -2.05. The van der Waals surface area contributed by atoms with Crippen LogP contribution < -0.4 is 5.48 Å². The third-order valence-electron chi connectivity index (χ3n) is 3.43. The second-order valence-corrected chi connectivity index (χ2v) is 6.74. The summed E-state index contributed by atoms with van der Waals surface area (Å²) in [6.45, 7) is 0. The molecule has 0 radical (unpaired) electrons. The number of benzene rings is 2. The highest BCUT2D eigenvalue weighted by molar-refractivity contribution is 7.99. The second-order valence-electron chi connectivity index (χ2n) is 5.20. The molecule has 0 atom stereocenters. The first kappa shape index (κ1) is 18.5. The number of hydroxylamine groups is 1. The lowest BCUT2D eigenvalue weighted by molar-refractivity contribution is -0.129. The van der Waals surface area contributed by atoms with E-state index in [0.29, 0.717) is 28.5 Å². The van der Waals surface area contributed by atoms with Gasteiger partial charge in [-0.2, -0.15) is 11.8 Å². The quantitative estimate of drug-likeness (QED) is 0.319. The topological polar surface area (TPSA) is 66.4 Å². The maximum atomic E-state index is 12.1. The summed E-state index contributed by atoms with van der Waals surface area (Å²) in [5.41, 5.74) is 4.35. The van der Waals surface area contributed by atoms with Gasteiger partial charge in [-0.15, -0.1) is 0 Å². The van der Waals surface area contributed by atoms with Crippen LogP contribution in [-0.4, -0.2) is 28.4 Å². The molecule has 0 aliphatic carbocycles. The van der Waals surface area contributed by atoms with Gasteiger partial charge in [0.2, 0.25) is 5.91 Å². The molecule has 0 heterocycles. The van der Waals surface area contributed by atoms with E-state index in [-0.39, 0.29) is 12.2 Å². The minimum atomic E-state index is -0.403. The number of halogens is 1. The average Bonchev–Trinajstić information content (AvgIpc) is 2.62. The third kappa shape index (κ3) is 5.67. The Kier molecular flexibility index (Phi) is 7.31. The summed E-state index contributed by atoms with van der Waals surface area (Å²) < 4.78 is 0. The predicted molar refractivity (Wildman–Crippen MR) is 97.7 cm³/mol. The van der Waals surface area contributed by atoms with Crippen molar-refractivity contribution in [1.29, 1.82) is 0 Å². The van der Waals surface area contributed by atoms with Crippen molar-refractivity contribution in [3.63, 3.8) is 0 Å². The summed E-state index contributed by atoms with van der Waals surface area (Å²) in [6, 6.07) is 15.1. The lowest BCUT2D eigenvalue weighted by atomic mass is 10.0. The Balaban J connectivity index is 1.83. The van der Waals surface area contributed by atoms with Crippen molar-refractivity contribution in [3.8, 4) is 11.1 Å². The first-order chi connectivity index (χ1) is 11.6. The zero-order valence-electron chi connectivity index (χ0n) is 13.0. The Morgan fingerprint density at radius 2 is 1.58 bits per heavy atom. The molecule has 2 rings (SSSR count). The number of hydrogen-bond acceptors (Lipinski definition) is 4. The number of thioether (sulfide) groups is 1. The number of amides is 1. The van der Waals surface area contributed by atoms with Crippen LogP contribution in [0.15, 0.2) is 48.5 Å². The van der Waals surface area contributed by atoms with Crippen molar-refractivity contribution >= 4 is 35.1 Å². The molecule has 2 aromatic rings. The molecule has 126 valence electrons. The minimum Gasteiger partial charge on any atom is -0.293 e. The van der Waals surface area contributed by atoms with Crippen molar-refractivity contribution in [1.82, 2.24) is 5.48 Å². The molecule has 0 spiro atoms. The largest absolute Gasteiger partial charge is 0.293 e. The normalized spacial score (nSPS) is 10.4. The number of Topliss-reactive ketones (excluding diaryl/α,β-unsaturated/α-hetero) is 1. The van der Waals surface area contributed by atoms with Gasteiger partial charge in [0.05, 0.1) is 5.75 Å². The molecule has 0 bridgehead atoms. The maximum absolute atomic E-state index is 12.1. The van der Waals surface area contributed by atoms with Crippen molar-refractivity contribution < 1.29 is 14.8 Å². The predicted octanol–water partition coefficient (Wildman–Crippen LogP) is 4.21. The molecule has 1 amide bonds. The standard InChI is InChI=1S/C18H18ClNO3S/c19-16-9-7-14(8-10-16)13-3-5-15(6-4-13)17(21)12-24-11-1-2-18(22)20-23/h3-10,23H,1-2,11-12H2,(H,20,22).